The fraction of sp³-hybridized carbons (Fsp3) is 0.960. The van der Waals surface area contributed by atoms with Crippen molar-refractivity contribution in [3.8, 4) is 0 Å². The van der Waals surface area contributed by atoms with Gasteiger partial charge in [-0.15, -0.1) is 10.1 Å². The molecule has 0 heterocycles. The second kappa shape index (κ2) is 28.6. The molecule has 1 amide bonds. The number of hydrogen-bond donors (Lipinski definition) is 4. The molecule has 8 nitrogen and oxygen atoms in total. The highest BCUT2D eigenvalue weighted by atomic mass is 16.9. The Balaban J connectivity index is -0.000000569. The monoisotopic (exact) mass is 477 g/mol. The van der Waals surface area contributed by atoms with Gasteiger partial charge in [-0.1, -0.05) is 104 Å². The summed E-state index contributed by atoms with van der Waals surface area (Å²) in [5, 5.41) is 25.9. The lowest BCUT2D eigenvalue weighted by molar-refractivity contribution is -0.742. The van der Waals surface area contributed by atoms with Crippen LogP contribution in [0.2, 0.25) is 0 Å². The summed E-state index contributed by atoms with van der Waals surface area (Å²) in [6, 6.07) is 0. The predicted molar refractivity (Wildman–Crippen MR) is 137 cm³/mol. The van der Waals surface area contributed by atoms with Gasteiger partial charge in [0.25, 0.3) is 5.09 Å². The van der Waals surface area contributed by atoms with Gasteiger partial charge in [-0.05, 0) is 33.2 Å². The molecule has 8 heteroatoms. The van der Waals surface area contributed by atoms with E-state index < -0.39 is 10.7 Å². The topological polar surface area (TPSA) is 139 Å². The number of carbonyl (C=O) groups is 1. The molecule has 0 aliphatic heterocycles. The van der Waals surface area contributed by atoms with Crippen LogP contribution in [0.1, 0.15) is 137 Å². The zero-order valence-corrected chi connectivity index (χ0v) is 22.1. The van der Waals surface area contributed by atoms with E-state index in [1.54, 1.807) is 13.8 Å². The Labute approximate surface area is 203 Å². The Morgan fingerprint density at radius 3 is 1.42 bits per heavy atom. The van der Waals surface area contributed by atoms with Crippen molar-refractivity contribution in [3.63, 3.8) is 0 Å². The molecule has 0 bridgehead atoms. The molecule has 5 N–H and O–H groups in total. The number of nitrogens with zero attached hydrogens (tertiary/aromatic N) is 1. The maximum Gasteiger partial charge on any atom is 0.291 e. The molecule has 0 saturated heterocycles. The quantitative estimate of drug-likeness (QED) is 0.0943. The Hall–Kier alpha value is -1.41. The minimum Gasteiger partial charge on any atom is -0.389 e. The minimum atomic E-state index is -1.50. The highest BCUT2D eigenvalue weighted by molar-refractivity contribution is 5.73. The van der Waals surface area contributed by atoms with Gasteiger partial charge in [-0.3, -0.25) is 4.79 Å². The van der Waals surface area contributed by atoms with Crippen LogP contribution in [0.15, 0.2) is 0 Å². The third kappa shape index (κ3) is 53.6. The maximum absolute atomic E-state index is 10.6. The van der Waals surface area contributed by atoms with Gasteiger partial charge in [0.1, 0.15) is 0 Å². The lowest BCUT2D eigenvalue weighted by Gasteiger charge is -2.16. The molecular formula is C25H55N3O5. The van der Waals surface area contributed by atoms with Gasteiger partial charge in [-0.25, -0.2) is 0 Å². The highest BCUT2D eigenvalue weighted by Crippen LogP contribution is 2.13. The molecule has 33 heavy (non-hydrogen) atoms. The molecule has 0 aliphatic carbocycles. The molecule has 0 radical (unpaired) electrons. The van der Waals surface area contributed by atoms with Gasteiger partial charge >= 0.3 is 0 Å². The van der Waals surface area contributed by atoms with Crippen LogP contribution in [-0.2, 0) is 4.79 Å². The largest absolute Gasteiger partial charge is 0.389 e. The summed E-state index contributed by atoms with van der Waals surface area (Å²) >= 11 is 0. The third-order valence-corrected chi connectivity index (χ3v) is 5.01. The molecule has 0 atom stereocenters. The van der Waals surface area contributed by atoms with Crippen LogP contribution in [0, 0.1) is 10.1 Å². The lowest BCUT2D eigenvalue weighted by atomic mass is 10.0. The number of aliphatic hydroxyl groups is 1. The Kier molecular flexibility index (Phi) is 31.4. The van der Waals surface area contributed by atoms with Crippen molar-refractivity contribution in [2.24, 2.45) is 5.73 Å². The first kappa shape index (κ1) is 36.2. The number of hydrogen-bond acceptors (Lipinski definition) is 5. The van der Waals surface area contributed by atoms with Crippen LogP contribution in [0.4, 0.5) is 0 Å². The first-order valence-electron chi connectivity index (χ1n) is 13.1. The first-order valence-corrected chi connectivity index (χ1v) is 13.1. The second-order valence-corrected chi connectivity index (χ2v) is 9.39. The SMILES string of the molecule is CCCCCCCCCCCCCCCCCC(N)=O.CCCNCC(C)(C)O.O=[N+]([O-])O. The van der Waals surface area contributed by atoms with E-state index in [1.165, 1.54) is 89.9 Å². The fourth-order valence-corrected chi connectivity index (χ4v) is 3.24. The number of primary amides is 1. The first-order chi connectivity index (χ1) is 15.6. The number of rotatable bonds is 20. The van der Waals surface area contributed by atoms with Crippen molar-refractivity contribution >= 4 is 5.91 Å². The molecule has 200 valence electrons. The lowest BCUT2D eigenvalue weighted by Crippen LogP contribution is -2.34. The summed E-state index contributed by atoms with van der Waals surface area (Å²) < 4.78 is 0. The van der Waals surface area contributed by atoms with E-state index in [2.05, 4.69) is 19.2 Å². The van der Waals surface area contributed by atoms with Crippen LogP contribution in [-0.4, -0.2) is 40.0 Å². The average molecular weight is 478 g/mol. The van der Waals surface area contributed by atoms with Gasteiger partial charge in [-0.2, -0.15) is 0 Å². The fourth-order valence-electron chi connectivity index (χ4n) is 3.24. The molecule has 0 aliphatic rings. The number of amides is 1. The van der Waals surface area contributed by atoms with Crippen molar-refractivity contribution in [1.82, 2.24) is 5.32 Å². The smallest absolute Gasteiger partial charge is 0.291 e. The predicted octanol–water partition coefficient (Wildman–Crippen LogP) is 6.14. The number of carbonyl (C=O) groups excluding carboxylic acids is 1. The van der Waals surface area contributed by atoms with Gasteiger partial charge in [0.15, 0.2) is 0 Å². The summed E-state index contributed by atoms with van der Waals surface area (Å²) in [6.45, 7) is 9.66. The highest BCUT2D eigenvalue weighted by Gasteiger charge is 2.09. The summed E-state index contributed by atoms with van der Waals surface area (Å²) in [4.78, 5) is 18.9. The van der Waals surface area contributed by atoms with E-state index in [4.69, 9.17) is 21.1 Å². The molecule has 0 rings (SSSR count). The molecular weight excluding hydrogens is 422 g/mol. The zero-order chi connectivity index (χ0) is 25.8. The zero-order valence-electron chi connectivity index (χ0n) is 22.1. The summed E-state index contributed by atoms with van der Waals surface area (Å²) in [5.41, 5.74) is 4.55. The van der Waals surface area contributed by atoms with Crippen molar-refractivity contribution in [1.29, 1.82) is 0 Å². The number of unbranched alkanes of at least 4 members (excludes halogenated alkanes) is 14. The summed E-state index contributed by atoms with van der Waals surface area (Å²) in [5.74, 6) is -0.153. The van der Waals surface area contributed by atoms with Crippen LogP contribution in [0.25, 0.3) is 0 Å². The van der Waals surface area contributed by atoms with Crippen LogP contribution >= 0.6 is 0 Å². The molecule has 0 fully saturated rings. The Morgan fingerprint density at radius 1 is 0.818 bits per heavy atom. The van der Waals surface area contributed by atoms with Gasteiger partial charge in [0.05, 0.1) is 5.60 Å². The van der Waals surface area contributed by atoms with E-state index in [9.17, 15) is 9.90 Å². The normalized spacial score (nSPS) is 10.6. The summed E-state index contributed by atoms with van der Waals surface area (Å²) in [7, 11) is 0. The van der Waals surface area contributed by atoms with E-state index >= 15 is 0 Å². The van der Waals surface area contributed by atoms with Gasteiger partial charge < -0.3 is 21.4 Å². The standard InChI is InChI=1S/C18H37NO.C7H17NO.HNO3/c1-2-3-4-5-6-7-8-9-10-11-12-13-14-15-16-17-18(19)20;1-4-5-8-6-7(2,3)9;2-1(3)4/h2-17H2,1H3,(H2,19,20);8-9H,4-6H2,1-3H3;(H,2,3,4). The maximum atomic E-state index is 10.6. The van der Waals surface area contributed by atoms with E-state index in [0.29, 0.717) is 13.0 Å². The Morgan fingerprint density at radius 2 is 1.15 bits per heavy atom. The summed E-state index contributed by atoms with van der Waals surface area (Å²) in [6.07, 6.45) is 22.0. The van der Waals surface area contributed by atoms with Gasteiger partial charge in [0, 0.05) is 13.0 Å². The van der Waals surface area contributed by atoms with Crippen molar-refractivity contribution in [2.45, 2.75) is 142 Å². The molecule has 0 unspecified atom stereocenters. The molecule has 0 aromatic rings. The number of nitrogens with two attached hydrogens (primary N) is 1. The van der Waals surface area contributed by atoms with Crippen LogP contribution in [0.5, 0.6) is 0 Å². The molecule has 0 saturated carbocycles. The molecule has 0 aromatic carbocycles. The van der Waals surface area contributed by atoms with Gasteiger partial charge in [0.2, 0.25) is 5.91 Å². The van der Waals surface area contributed by atoms with E-state index in [-0.39, 0.29) is 5.91 Å². The van der Waals surface area contributed by atoms with E-state index in [1.807, 2.05) is 0 Å². The average Bonchev–Trinajstić information content (AvgIpc) is 2.70. The molecule has 0 aromatic heterocycles. The van der Waals surface area contributed by atoms with Crippen LogP contribution in [0.3, 0.4) is 0 Å². The van der Waals surface area contributed by atoms with E-state index in [0.717, 1.165) is 19.4 Å². The third-order valence-electron chi connectivity index (χ3n) is 5.01. The Bertz CT molecular complexity index is 411. The minimum absolute atomic E-state index is 0.153. The molecule has 0 spiro atoms. The van der Waals surface area contributed by atoms with Crippen molar-refractivity contribution < 1.29 is 20.2 Å². The number of nitrogens with one attached hydrogen (secondary N) is 1. The van der Waals surface area contributed by atoms with Crippen molar-refractivity contribution in [2.75, 3.05) is 13.1 Å². The van der Waals surface area contributed by atoms with Crippen molar-refractivity contribution in [3.05, 3.63) is 10.1 Å². The second-order valence-electron chi connectivity index (χ2n) is 9.39. The van der Waals surface area contributed by atoms with Crippen LogP contribution < -0.4 is 11.1 Å².